The van der Waals surface area contributed by atoms with E-state index in [-0.39, 0.29) is 6.04 Å². The number of nitrogens with zero attached hydrogens (tertiary/aromatic N) is 4. The van der Waals surface area contributed by atoms with Crippen LogP contribution in [0.25, 0.3) is 0 Å². The second kappa shape index (κ2) is 10.3. The van der Waals surface area contributed by atoms with Gasteiger partial charge in [0, 0.05) is 32.5 Å². The third-order valence-corrected chi connectivity index (χ3v) is 5.62. The van der Waals surface area contributed by atoms with Crippen LogP contribution in [-0.4, -0.2) is 60.7 Å². The van der Waals surface area contributed by atoms with Gasteiger partial charge in [0.1, 0.15) is 5.75 Å². The summed E-state index contributed by atoms with van der Waals surface area (Å²) in [7, 11) is 5.91. The fraction of sp³-hybridized carbons (Fsp3) is 0.522. The number of ether oxygens (including phenoxy) is 1. The van der Waals surface area contributed by atoms with Gasteiger partial charge in [-0.1, -0.05) is 12.1 Å². The van der Waals surface area contributed by atoms with Crippen molar-refractivity contribution in [1.82, 2.24) is 19.7 Å². The number of nitrogens with one attached hydrogen (secondary N) is 1. The van der Waals surface area contributed by atoms with E-state index in [2.05, 4.69) is 77.2 Å². The summed E-state index contributed by atoms with van der Waals surface area (Å²) in [4.78, 5) is 9.79. The molecular formula is C23H35N5O. The van der Waals surface area contributed by atoms with E-state index >= 15 is 0 Å². The molecule has 0 spiro atoms. The molecule has 1 aromatic heterocycles. The first-order valence-corrected chi connectivity index (χ1v) is 10.6. The number of hydrogen-bond acceptors (Lipinski definition) is 3. The van der Waals surface area contributed by atoms with Gasteiger partial charge in [-0.3, -0.25) is 9.89 Å². The van der Waals surface area contributed by atoms with E-state index in [1.54, 1.807) is 7.11 Å². The molecule has 1 fully saturated rings. The zero-order chi connectivity index (χ0) is 20.6. The highest BCUT2D eigenvalue weighted by molar-refractivity contribution is 5.79. The Labute approximate surface area is 175 Å². The summed E-state index contributed by atoms with van der Waals surface area (Å²) in [6.07, 6.45) is 4.61. The molecule has 158 valence electrons. The van der Waals surface area contributed by atoms with Crippen LogP contribution in [0.1, 0.15) is 37.1 Å². The van der Waals surface area contributed by atoms with Crippen LogP contribution in [0.4, 0.5) is 0 Å². The SMILES string of the molecule is CCNC(=NCC(c1cccc(OC)c1)N1CCCC1)N(C)Cc1cccn1C. The lowest BCUT2D eigenvalue weighted by Crippen LogP contribution is -2.39. The highest BCUT2D eigenvalue weighted by atomic mass is 16.5. The van der Waals surface area contributed by atoms with Crippen molar-refractivity contribution < 1.29 is 4.74 Å². The summed E-state index contributed by atoms with van der Waals surface area (Å²) in [5.41, 5.74) is 2.54. The van der Waals surface area contributed by atoms with Crippen molar-refractivity contribution in [2.24, 2.45) is 12.0 Å². The average Bonchev–Trinajstić information content (AvgIpc) is 3.40. The topological polar surface area (TPSA) is 45.0 Å². The minimum atomic E-state index is 0.268. The van der Waals surface area contributed by atoms with E-state index in [9.17, 15) is 0 Å². The Morgan fingerprint density at radius 1 is 1.24 bits per heavy atom. The average molecular weight is 398 g/mol. The molecule has 0 saturated carbocycles. The highest BCUT2D eigenvalue weighted by Gasteiger charge is 2.24. The maximum absolute atomic E-state index is 5.46. The predicted molar refractivity (Wildman–Crippen MR) is 119 cm³/mol. The molecular weight excluding hydrogens is 362 g/mol. The van der Waals surface area contributed by atoms with Crippen LogP contribution >= 0.6 is 0 Å². The van der Waals surface area contributed by atoms with Gasteiger partial charge >= 0.3 is 0 Å². The van der Waals surface area contributed by atoms with Crippen molar-refractivity contribution >= 4 is 5.96 Å². The molecule has 1 unspecified atom stereocenters. The molecule has 1 aromatic carbocycles. The Balaban J connectivity index is 1.79. The second-order valence-electron chi connectivity index (χ2n) is 7.70. The third-order valence-electron chi connectivity index (χ3n) is 5.62. The minimum absolute atomic E-state index is 0.268. The standard InChI is InChI=1S/C23H35N5O/c1-5-24-23(27(3)18-20-11-9-13-26(20)2)25-17-22(28-14-6-7-15-28)19-10-8-12-21(16-19)29-4/h8-13,16,22H,5-7,14-15,17-18H2,1-4H3,(H,24,25). The fourth-order valence-corrected chi connectivity index (χ4v) is 3.96. The van der Waals surface area contributed by atoms with E-state index in [1.807, 2.05) is 6.07 Å². The van der Waals surface area contributed by atoms with E-state index in [0.29, 0.717) is 0 Å². The molecule has 0 radical (unpaired) electrons. The molecule has 0 amide bonds. The first-order valence-electron chi connectivity index (χ1n) is 10.6. The Bertz CT molecular complexity index is 794. The Morgan fingerprint density at radius 2 is 2.03 bits per heavy atom. The molecule has 6 nitrogen and oxygen atoms in total. The first kappa shape index (κ1) is 21.2. The molecule has 3 rings (SSSR count). The number of guanidine groups is 1. The van der Waals surface area contributed by atoms with Gasteiger partial charge in [0.2, 0.25) is 0 Å². The third kappa shape index (κ3) is 5.54. The lowest BCUT2D eigenvalue weighted by molar-refractivity contribution is 0.250. The summed E-state index contributed by atoms with van der Waals surface area (Å²) >= 11 is 0. The van der Waals surface area contributed by atoms with E-state index in [4.69, 9.17) is 9.73 Å². The number of likely N-dealkylation sites (tertiary alicyclic amines) is 1. The molecule has 6 heteroatoms. The quantitative estimate of drug-likeness (QED) is 0.549. The zero-order valence-corrected chi connectivity index (χ0v) is 18.3. The molecule has 1 N–H and O–H groups in total. The number of aliphatic imine (C=N–C) groups is 1. The van der Waals surface area contributed by atoms with Gasteiger partial charge in [-0.25, -0.2) is 0 Å². The van der Waals surface area contributed by atoms with Gasteiger partial charge in [0.05, 0.1) is 26.2 Å². The Kier molecular flexibility index (Phi) is 7.58. The first-order chi connectivity index (χ1) is 14.1. The van der Waals surface area contributed by atoms with Crippen molar-refractivity contribution in [1.29, 1.82) is 0 Å². The number of benzene rings is 1. The van der Waals surface area contributed by atoms with Gasteiger partial charge in [-0.15, -0.1) is 0 Å². The monoisotopic (exact) mass is 397 g/mol. The van der Waals surface area contributed by atoms with Crippen LogP contribution in [-0.2, 0) is 13.6 Å². The van der Waals surface area contributed by atoms with Crippen LogP contribution in [0.2, 0.25) is 0 Å². The second-order valence-corrected chi connectivity index (χ2v) is 7.70. The van der Waals surface area contributed by atoms with E-state index < -0.39 is 0 Å². The summed E-state index contributed by atoms with van der Waals surface area (Å²) < 4.78 is 7.62. The van der Waals surface area contributed by atoms with Crippen molar-refractivity contribution in [3.05, 3.63) is 53.9 Å². The summed E-state index contributed by atoms with van der Waals surface area (Å²) in [5, 5.41) is 3.46. The number of rotatable bonds is 8. The van der Waals surface area contributed by atoms with Crippen LogP contribution in [0.15, 0.2) is 47.6 Å². The summed E-state index contributed by atoms with van der Waals surface area (Å²) in [6, 6.07) is 12.9. The normalized spacial score (nSPS) is 16.1. The maximum Gasteiger partial charge on any atom is 0.194 e. The number of methoxy groups -OCH3 is 1. The van der Waals surface area contributed by atoms with E-state index in [0.717, 1.165) is 44.4 Å². The van der Waals surface area contributed by atoms with Crippen molar-refractivity contribution in [3.8, 4) is 5.75 Å². The zero-order valence-electron chi connectivity index (χ0n) is 18.3. The van der Waals surface area contributed by atoms with Crippen molar-refractivity contribution in [2.75, 3.05) is 40.3 Å². The lowest BCUT2D eigenvalue weighted by Gasteiger charge is -2.28. The molecule has 29 heavy (non-hydrogen) atoms. The minimum Gasteiger partial charge on any atom is -0.497 e. The molecule has 2 aromatic rings. The smallest absolute Gasteiger partial charge is 0.194 e. The van der Waals surface area contributed by atoms with Crippen LogP contribution < -0.4 is 10.1 Å². The van der Waals surface area contributed by atoms with Crippen molar-refractivity contribution in [2.45, 2.75) is 32.4 Å². The molecule has 0 bridgehead atoms. The van der Waals surface area contributed by atoms with Gasteiger partial charge in [0.25, 0.3) is 0 Å². The molecule has 2 heterocycles. The number of aromatic nitrogens is 1. The van der Waals surface area contributed by atoms with Crippen LogP contribution in [0.3, 0.4) is 0 Å². The van der Waals surface area contributed by atoms with Crippen molar-refractivity contribution in [3.63, 3.8) is 0 Å². The van der Waals surface area contributed by atoms with Crippen LogP contribution in [0.5, 0.6) is 5.75 Å². The molecule has 0 aliphatic carbocycles. The molecule has 1 atom stereocenters. The largest absolute Gasteiger partial charge is 0.497 e. The maximum atomic E-state index is 5.46. The fourth-order valence-electron chi connectivity index (χ4n) is 3.96. The predicted octanol–water partition coefficient (Wildman–Crippen LogP) is 3.27. The lowest BCUT2D eigenvalue weighted by atomic mass is 10.1. The van der Waals surface area contributed by atoms with Gasteiger partial charge < -0.3 is 19.5 Å². The van der Waals surface area contributed by atoms with E-state index in [1.165, 1.54) is 24.1 Å². The number of aryl methyl sites for hydroxylation is 1. The Hall–Kier alpha value is -2.47. The van der Waals surface area contributed by atoms with Gasteiger partial charge in [0.15, 0.2) is 5.96 Å². The highest BCUT2D eigenvalue weighted by Crippen LogP contribution is 2.28. The number of hydrogen-bond donors (Lipinski definition) is 1. The Morgan fingerprint density at radius 3 is 2.69 bits per heavy atom. The summed E-state index contributed by atoms with van der Waals surface area (Å²) in [6.45, 7) is 6.78. The van der Waals surface area contributed by atoms with Gasteiger partial charge in [-0.2, -0.15) is 0 Å². The molecule has 1 saturated heterocycles. The summed E-state index contributed by atoms with van der Waals surface area (Å²) in [5.74, 6) is 1.85. The van der Waals surface area contributed by atoms with Crippen LogP contribution in [0, 0.1) is 0 Å². The molecule has 1 aliphatic heterocycles. The molecule has 1 aliphatic rings. The van der Waals surface area contributed by atoms with Gasteiger partial charge in [-0.05, 0) is 62.7 Å².